The fourth-order valence-electron chi connectivity index (χ4n) is 1.55. The number of aliphatic carboxylic acids is 1. The maximum atomic E-state index is 12.3. The summed E-state index contributed by atoms with van der Waals surface area (Å²) in [6.07, 6.45) is -5.25. The van der Waals surface area contributed by atoms with E-state index < -0.39 is 30.7 Å². The van der Waals surface area contributed by atoms with Crippen LogP contribution in [0, 0.1) is 0 Å². The van der Waals surface area contributed by atoms with Gasteiger partial charge in [-0.2, -0.15) is 13.2 Å². The second-order valence-corrected chi connectivity index (χ2v) is 3.70. The molecule has 0 aromatic heterocycles. The number of β-amino-alcohol motifs (C(OH)–C–C–N with tert-alkyl or cyclic N) is 1. The predicted molar refractivity (Wildman–Crippen MR) is 44.3 cm³/mol. The third-order valence-electron chi connectivity index (χ3n) is 2.50. The summed E-state index contributed by atoms with van der Waals surface area (Å²) >= 11 is 0. The topological polar surface area (TPSA) is 60.8 Å². The molecule has 1 aliphatic heterocycles. The van der Waals surface area contributed by atoms with Crippen LogP contribution in [0.4, 0.5) is 13.2 Å². The fourth-order valence-corrected chi connectivity index (χ4v) is 1.55. The first kappa shape index (κ1) is 12.3. The van der Waals surface area contributed by atoms with Crippen molar-refractivity contribution in [2.75, 3.05) is 19.6 Å². The van der Waals surface area contributed by atoms with E-state index in [1.54, 1.807) is 0 Å². The normalized spacial score (nSPS) is 28.3. The first-order valence-electron chi connectivity index (χ1n) is 4.48. The maximum absolute atomic E-state index is 12.3. The molecule has 1 heterocycles. The van der Waals surface area contributed by atoms with E-state index in [2.05, 4.69) is 0 Å². The summed E-state index contributed by atoms with van der Waals surface area (Å²) in [5, 5.41) is 17.6. The molecule has 0 aliphatic carbocycles. The number of hydrogen-bond acceptors (Lipinski definition) is 3. The molecule has 0 amide bonds. The van der Waals surface area contributed by atoms with Gasteiger partial charge in [-0.15, -0.1) is 0 Å². The van der Waals surface area contributed by atoms with Gasteiger partial charge in [0.15, 0.2) is 5.60 Å². The summed E-state index contributed by atoms with van der Waals surface area (Å²) < 4.78 is 37.0. The van der Waals surface area contributed by atoms with Crippen LogP contribution in [0.25, 0.3) is 0 Å². The number of rotatable bonds is 3. The lowest BCUT2D eigenvalue weighted by Crippen LogP contribution is -2.47. The monoisotopic (exact) mass is 227 g/mol. The number of aliphatic hydroxyl groups is 1. The summed E-state index contributed by atoms with van der Waals surface area (Å²) in [6, 6.07) is 0. The molecule has 7 heteroatoms. The van der Waals surface area contributed by atoms with Crippen molar-refractivity contribution >= 4 is 5.97 Å². The highest BCUT2D eigenvalue weighted by molar-refractivity contribution is 5.66. The molecule has 1 rings (SSSR count). The Morgan fingerprint density at radius 3 is 2.47 bits per heavy atom. The first-order chi connectivity index (χ1) is 6.74. The molecule has 1 fully saturated rings. The smallest absolute Gasteiger partial charge is 0.418 e. The fraction of sp³-hybridized carbons (Fsp3) is 0.875. The highest BCUT2D eigenvalue weighted by Crippen LogP contribution is 2.37. The first-order valence-corrected chi connectivity index (χ1v) is 4.48. The Kier molecular flexibility index (Phi) is 3.25. The van der Waals surface area contributed by atoms with Crippen LogP contribution in [0.1, 0.15) is 12.8 Å². The Bertz CT molecular complexity index is 256. The average Bonchev–Trinajstić information content (AvgIpc) is 2.44. The van der Waals surface area contributed by atoms with Crippen molar-refractivity contribution in [3.8, 4) is 0 Å². The van der Waals surface area contributed by atoms with Gasteiger partial charge >= 0.3 is 12.1 Å². The number of nitrogens with zero attached hydrogens (tertiary/aromatic N) is 1. The van der Waals surface area contributed by atoms with Crippen LogP contribution in [0.3, 0.4) is 0 Å². The zero-order chi connectivity index (χ0) is 11.7. The van der Waals surface area contributed by atoms with Gasteiger partial charge in [0.2, 0.25) is 0 Å². The molecule has 0 aromatic rings. The van der Waals surface area contributed by atoms with Gasteiger partial charge in [-0.1, -0.05) is 0 Å². The molecule has 1 atom stereocenters. The number of halogens is 3. The van der Waals surface area contributed by atoms with Gasteiger partial charge in [0.1, 0.15) is 0 Å². The second-order valence-electron chi connectivity index (χ2n) is 3.70. The molecule has 4 nitrogen and oxygen atoms in total. The zero-order valence-electron chi connectivity index (χ0n) is 7.92. The maximum Gasteiger partial charge on any atom is 0.418 e. The second kappa shape index (κ2) is 3.97. The number of carboxylic acid groups (broad SMARTS) is 1. The molecule has 0 spiro atoms. The van der Waals surface area contributed by atoms with Crippen LogP contribution in [-0.2, 0) is 4.79 Å². The van der Waals surface area contributed by atoms with Gasteiger partial charge < -0.3 is 10.2 Å². The van der Waals surface area contributed by atoms with Gasteiger partial charge in [0.25, 0.3) is 0 Å². The standard InChI is InChI=1S/C8H12F3NO3/c9-8(10,11)7(15)2-4-12(5-7)3-1-6(13)14/h15H,1-5H2,(H,13,14)/t7-/m0/s1. The van der Waals surface area contributed by atoms with Crippen molar-refractivity contribution in [3.05, 3.63) is 0 Å². The third kappa shape index (κ3) is 2.82. The Morgan fingerprint density at radius 2 is 2.07 bits per heavy atom. The molecule has 0 bridgehead atoms. The molecule has 0 radical (unpaired) electrons. The van der Waals surface area contributed by atoms with Crippen LogP contribution in [0.15, 0.2) is 0 Å². The molecule has 15 heavy (non-hydrogen) atoms. The minimum absolute atomic E-state index is 0.0354. The Hall–Kier alpha value is -0.820. The molecular formula is C8H12F3NO3. The zero-order valence-corrected chi connectivity index (χ0v) is 7.92. The summed E-state index contributed by atoms with van der Waals surface area (Å²) in [6.45, 7) is -0.430. The highest BCUT2D eigenvalue weighted by atomic mass is 19.4. The van der Waals surface area contributed by atoms with Crippen LogP contribution in [0.5, 0.6) is 0 Å². The lowest BCUT2D eigenvalue weighted by atomic mass is 10.0. The number of likely N-dealkylation sites (tertiary alicyclic amines) is 1. The Balaban J connectivity index is 2.48. The van der Waals surface area contributed by atoms with Gasteiger partial charge in [-0.3, -0.25) is 9.69 Å². The summed E-state index contributed by atoms with van der Waals surface area (Å²) in [4.78, 5) is 11.5. The Morgan fingerprint density at radius 1 is 1.47 bits per heavy atom. The molecule has 1 saturated heterocycles. The summed E-state index contributed by atoms with van der Waals surface area (Å²) in [7, 11) is 0. The minimum Gasteiger partial charge on any atom is -0.481 e. The lowest BCUT2D eigenvalue weighted by molar-refractivity contribution is -0.253. The molecule has 2 N–H and O–H groups in total. The number of alkyl halides is 3. The van der Waals surface area contributed by atoms with Crippen LogP contribution < -0.4 is 0 Å². The largest absolute Gasteiger partial charge is 0.481 e. The molecule has 0 unspecified atom stereocenters. The van der Waals surface area contributed by atoms with E-state index in [1.165, 1.54) is 4.90 Å². The van der Waals surface area contributed by atoms with E-state index in [1.807, 2.05) is 0 Å². The number of hydrogen-bond donors (Lipinski definition) is 2. The summed E-state index contributed by atoms with van der Waals surface area (Å²) in [5.74, 6) is -1.06. The van der Waals surface area contributed by atoms with Gasteiger partial charge in [0.05, 0.1) is 6.42 Å². The summed E-state index contributed by atoms with van der Waals surface area (Å²) in [5.41, 5.74) is -2.68. The Labute approximate surface area is 84.3 Å². The predicted octanol–water partition coefficient (Wildman–Crippen LogP) is 0.460. The van der Waals surface area contributed by atoms with E-state index >= 15 is 0 Å². The van der Waals surface area contributed by atoms with Crippen LogP contribution in [0.2, 0.25) is 0 Å². The van der Waals surface area contributed by atoms with Gasteiger partial charge in [-0.05, 0) is 6.42 Å². The molecule has 88 valence electrons. The van der Waals surface area contributed by atoms with E-state index in [0.717, 1.165) is 0 Å². The number of carboxylic acids is 1. The van der Waals surface area contributed by atoms with E-state index in [-0.39, 0.29) is 19.5 Å². The molecule has 0 saturated carbocycles. The van der Waals surface area contributed by atoms with Gasteiger partial charge in [-0.25, -0.2) is 0 Å². The molecule has 0 aromatic carbocycles. The molecular weight excluding hydrogens is 215 g/mol. The van der Waals surface area contributed by atoms with Crippen molar-refractivity contribution in [3.63, 3.8) is 0 Å². The average molecular weight is 227 g/mol. The van der Waals surface area contributed by atoms with Gasteiger partial charge in [0, 0.05) is 19.6 Å². The quantitative estimate of drug-likeness (QED) is 0.735. The van der Waals surface area contributed by atoms with E-state index in [9.17, 15) is 23.1 Å². The lowest BCUT2D eigenvalue weighted by Gasteiger charge is -2.25. The van der Waals surface area contributed by atoms with Crippen molar-refractivity contribution in [2.24, 2.45) is 0 Å². The van der Waals surface area contributed by atoms with Crippen molar-refractivity contribution in [1.82, 2.24) is 4.90 Å². The van der Waals surface area contributed by atoms with E-state index in [4.69, 9.17) is 5.11 Å². The van der Waals surface area contributed by atoms with Crippen molar-refractivity contribution in [1.29, 1.82) is 0 Å². The third-order valence-corrected chi connectivity index (χ3v) is 2.50. The highest BCUT2D eigenvalue weighted by Gasteiger charge is 2.56. The van der Waals surface area contributed by atoms with Crippen molar-refractivity contribution < 1.29 is 28.2 Å². The van der Waals surface area contributed by atoms with E-state index in [0.29, 0.717) is 0 Å². The van der Waals surface area contributed by atoms with Crippen molar-refractivity contribution in [2.45, 2.75) is 24.6 Å². The number of carbonyl (C=O) groups is 1. The minimum atomic E-state index is -4.65. The van der Waals surface area contributed by atoms with Crippen LogP contribution >= 0.6 is 0 Å². The SMILES string of the molecule is O=C(O)CCN1CC[C@@](O)(C(F)(F)F)C1. The van der Waals surface area contributed by atoms with Crippen LogP contribution in [-0.4, -0.2) is 52.5 Å². The molecule has 1 aliphatic rings.